The van der Waals surface area contributed by atoms with Crippen LogP contribution in [0.1, 0.15) is 5.56 Å². The number of aryl methyl sites for hydroxylation is 1. The van der Waals surface area contributed by atoms with Gasteiger partial charge in [-0.3, -0.25) is 0 Å². The first kappa shape index (κ1) is 15.4. The van der Waals surface area contributed by atoms with Gasteiger partial charge in [0, 0.05) is 17.8 Å². The van der Waals surface area contributed by atoms with Gasteiger partial charge in [0.15, 0.2) is 11.5 Å². The Bertz CT molecular complexity index is 677. The molecule has 0 unspecified atom stereocenters. The average molecular weight is 355 g/mol. The van der Waals surface area contributed by atoms with E-state index in [9.17, 15) is 4.39 Å². The minimum absolute atomic E-state index is 0.345. The molecule has 0 aliphatic rings. The van der Waals surface area contributed by atoms with Gasteiger partial charge >= 0.3 is 0 Å². The molecule has 3 N–H and O–H groups in total. The highest BCUT2D eigenvalue weighted by atomic mass is 79.9. The van der Waals surface area contributed by atoms with E-state index in [1.807, 2.05) is 6.92 Å². The number of hydrogen-bond acceptors (Lipinski definition) is 4. The minimum atomic E-state index is -0.345. The van der Waals surface area contributed by atoms with Crippen LogP contribution in [-0.4, -0.2) is 14.2 Å². The van der Waals surface area contributed by atoms with Gasteiger partial charge in [0.1, 0.15) is 5.82 Å². The van der Waals surface area contributed by atoms with Gasteiger partial charge in [0.25, 0.3) is 0 Å². The molecular weight excluding hydrogens is 339 g/mol. The van der Waals surface area contributed by atoms with Crippen LogP contribution in [0, 0.1) is 12.7 Å². The number of benzene rings is 2. The summed E-state index contributed by atoms with van der Waals surface area (Å²) in [6.45, 7) is 1.88. The van der Waals surface area contributed by atoms with Crippen molar-refractivity contribution < 1.29 is 13.9 Å². The standard InChI is InChI=1S/C15H16BrFN2O2/c1-8-4-9(16)10(17)5-12(8)19-13-7-15(21-3)14(20-2)6-11(13)18/h4-7,19H,18H2,1-3H3. The summed E-state index contributed by atoms with van der Waals surface area (Å²) >= 11 is 3.16. The second-order valence-corrected chi connectivity index (χ2v) is 5.36. The fraction of sp³-hybridized carbons (Fsp3) is 0.200. The van der Waals surface area contributed by atoms with E-state index in [1.54, 1.807) is 32.4 Å². The number of hydrogen-bond donors (Lipinski definition) is 2. The molecule has 0 bridgehead atoms. The van der Waals surface area contributed by atoms with Crippen LogP contribution < -0.4 is 20.5 Å². The molecule has 0 saturated carbocycles. The van der Waals surface area contributed by atoms with Crippen LogP contribution in [0.3, 0.4) is 0 Å². The second-order valence-electron chi connectivity index (χ2n) is 4.50. The third-order valence-corrected chi connectivity index (χ3v) is 3.70. The van der Waals surface area contributed by atoms with Crippen molar-refractivity contribution in [3.63, 3.8) is 0 Å². The molecule has 0 aliphatic heterocycles. The van der Waals surface area contributed by atoms with E-state index in [2.05, 4.69) is 21.2 Å². The lowest BCUT2D eigenvalue weighted by atomic mass is 10.1. The topological polar surface area (TPSA) is 56.5 Å². The maximum Gasteiger partial charge on any atom is 0.162 e. The van der Waals surface area contributed by atoms with Gasteiger partial charge in [-0.25, -0.2) is 4.39 Å². The molecule has 4 nitrogen and oxygen atoms in total. The first-order valence-electron chi connectivity index (χ1n) is 6.20. The highest BCUT2D eigenvalue weighted by Gasteiger charge is 2.11. The molecule has 0 radical (unpaired) electrons. The zero-order valence-corrected chi connectivity index (χ0v) is 13.5. The van der Waals surface area contributed by atoms with Crippen molar-refractivity contribution in [1.29, 1.82) is 0 Å². The molecule has 21 heavy (non-hydrogen) atoms. The molecule has 0 atom stereocenters. The van der Waals surface area contributed by atoms with Gasteiger partial charge in [0.05, 0.1) is 30.1 Å². The Balaban J connectivity index is 2.42. The second kappa shape index (κ2) is 6.22. The Hall–Kier alpha value is -1.95. The quantitative estimate of drug-likeness (QED) is 0.806. The van der Waals surface area contributed by atoms with Gasteiger partial charge in [-0.1, -0.05) is 0 Å². The fourth-order valence-electron chi connectivity index (χ4n) is 1.93. The number of rotatable bonds is 4. The highest BCUT2D eigenvalue weighted by Crippen LogP contribution is 2.37. The molecule has 6 heteroatoms. The van der Waals surface area contributed by atoms with Gasteiger partial charge in [-0.2, -0.15) is 0 Å². The summed E-state index contributed by atoms with van der Waals surface area (Å²) in [7, 11) is 3.08. The molecule has 0 aromatic heterocycles. The molecule has 0 heterocycles. The van der Waals surface area contributed by atoms with Crippen molar-refractivity contribution in [2.24, 2.45) is 0 Å². The van der Waals surface area contributed by atoms with Crippen molar-refractivity contribution in [2.45, 2.75) is 6.92 Å². The van der Waals surface area contributed by atoms with Crippen molar-refractivity contribution >= 4 is 33.0 Å². The maximum atomic E-state index is 13.7. The van der Waals surface area contributed by atoms with E-state index >= 15 is 0 Å². The predicted octanol–water partition coefficient (Wildman–Crippen LogP) is 4.24. The largest absolute Gasteiger partial charge is 0.493 e. The lowest BCUT2D eigenvalue weighted by Gasteiger charge is -2.15. The van der Waals surface area contributed by atoms with Crippen LogP contribution in [0.5, 0.6) is 11.5 Å². The molecule has 2 aromatic rings. The first-order chi connectivity index (χ1) is 9.96. The number of halogens is 2. The van der Waals surface area contributed by atoms with E-state index in [1.165, 1.54) is 6.07 Å². The summed E-state index contributed by atoms with van der Waals surface area (Å²) in [5.41, 5.74) is 8.61. The summed E-state index contributed by atoms with van der Waals surface area (Å²) in [6.07, 6.45) is 0. The van der Waals surface area contributed by atoms with Crippen molar-refractivity contribution in [3.8, 4) is 11.5 Å². The van der Waals surface area contributed by atoms with Crippen molar-refractivity contribution in [3.05, 3.63) is 40.1 Å². The smallest absolute Gasteiger partial charge is 0.162 e. The maximum absolute atomic E-state index is 13.7. The summed E-state index contributed by atoms with van der Waals surface area (Å²) < 4.78 is 24.5. The Morgan fingerprint density at radius 2 is 1.67 bits per heavy atom. The molecule has 0 amide bonds. The monoisotopic (exact) mass is 354 g/mol. The number of nitrogen functional groups attached to an aromatic ring is 1. The van der Waals surface area contributed by atoms with Crippen LogP contribution in [0.2, 0.25) is 0 Å². The molecule has 112 valence electrons. The van der Waals surface area contributed by atoms with E-state index in [-0.39, 0.29) is 5.82 Å². The van der Waals surface area contributed by atoms with E-state index in [0.29, 0.717) is 33.0 Å². The molecule has 0 fully saturated rings. The van der Waals surface area contributed by atoms with E-state index in [4.69, 9.17) is 15.2 Å². The number of nitrogens with one attached hydrogen (secondary N) is 1. The third-order valence-electron chi connectivity index (χ3n) is 3.09. The van der Waals surface area contributed by atoms with Crippen LogP contribution >= 0.6 is 15.9 Å². The lowest BCUT2D eigenvalue weighted by Crippen LogP contribution is -2.01. The minimum Gasteiger partial charge on any atom is -0.493 e. The fourth-order valence-corrected chi connectivity index (χ4v) is 2.39. The number of ether oxygens (including phenoxy) is 2. The zero-order valence-electron chi connectivity index (χ0n) is 12.0. The highest BCUT2D eigenvalue weighted by molar-refractivity contribution is 9.10. The average Bonchev–Trinajstić information content (AvgIpc) is 2.46. The van der Waals surface area contributed by atoms with E-state index < -0.39 is 0 Å². The normalized spacial score (nSPS) is 10.3. The Labute approximate surface area is 131 Å². The summed E-state index contributed by atoms with van der Waals surface area (Å²) in [5, 5.41) is 3.11. The molecule has 0 saturated heterocycles. The molecule has 0 aliphatic carbocycles. The van der Waals surface area contributed by atoms with Gasteiger partial charge in [-0.15, -0.1) is 0 Å². The van der Waals surface area contributed by atoms with Crippen LogP contribution in [0.4, 0.5) is 21.5 Å². The summed E-state index contributed by atoms with van der Waals surface area (Å²) in [5.74, 6) is 0.742. The first-order valence-corrected chi connectivity index (χ1v) is 6.99. The van der Waals surface area contributed by atoms with Crippen molar-refractivity contribution in [2.75, 3.05) is 25.3 Å². The number of methoxy groups -OCH3 is 2. The summed E-state index contributed by atoms with van der Waals surface area (Å²) in [6, 6.07) is 6.49. The Morgan fingerprint density at radius 3 is 2.29 bits per heavy atom. The lowest BCUT2D eigenvalue weighted by molar-refractivity contribution is 0.355. The van der Waals surface area contributed by atoms with Crippen molar-refractivity contribution in [1.82, 2.24) is 0 Å². The molecule has 2 rings (SSSR count). The zero-order chi connectivity index (χ0) is 15.6. The van der Waals surface area contributed by atoms with Crippen LogP contribution in [0.25, 0.3) is 0 Å². The number of anilines is 3. The van der Waals surface area contributed by atoms with Crippen LogP contribution in [0.15, 0.2) is 28.7 Å². The Morgan fingerprint density at radius 1 is 1.05 bits per heavy atom. The SMILES string of the molecule is COc1cc(N)c(Nc2cc(F)c(Br)cc2C)cc1OC. The molecular formula is C15H16BrFN2O2. The van der Waals surface area contributed by atoms with Crippen LogP contribution in [-0.2, 0) is 0 Å². The van der Waals surface area contributed by atoms with Gasteiger partial charge < -0.3 is 20.5 Å². The van der Waals surface area contributed by atoms with E-state index in [0.717, 1.165) is 5.56 Å². The molecule has 2 aromatic carbocycles. The third kappa shape index (κ3) is 3.21. The number of nitrogens with two attached hydrogens (primary N) is 1. The molecule has 0 spiro atoms. The summed E-state index contributed by atoms with van der Waals surface area (Å²) in [4.78, 5) is 0. The van der Waals surface area contributed by atoms with Gasteiger partial charge in [-0.05, 0) is 40.5 Å². The predicted molar refractivity (Wildman–Crippen MR) is 86.1 cm³/mol. The Kier molecular flexibility index (Phi) is 4.57. The van der Waals surface area contributed by atoms with Gasteiger partial charge in [0.2, 0.25) is 0 Å².